The van der Waals surface area contributed by atoms with E-state index in [0.29, 0.717) is 11.8 Å². The number of rotatable bonds is 3. The molecule has 3 rings (SSSR count). The highest BCUT2D eigenvalue weighted by atomic mass is 16.2. The van der Waals surface area contributed by atoms with E-state index in [9.17, 15) is 4.79 Å². The molecule has 120 valence electrons. The second kappa shape index (κ2) is 7.28. The zero-order valence-electron chi connectivity index (χ0n) is 13.7. The normalized spacial score (nSPS) is 22.5. The number of likely N-dealkylation sites (tertiary alicyclic amines) is 2. The van der Waals surface area contributed by atoms with Crippen LogP contribution in [0.15, 0.2) is 30.3 Å². The SMILES string of the molecule is CC(C(=O)N1CCCCC1)N1CCC(c2ccccc2)CC1. The van der Waals surface area contributed by atoms with Gasteiger partial charge in [0.05, 0.1) is 6.04 Å². The third-order valence-electron chi connectivity index (χ3n) is 5.37. The van der Waals surface area contributed by atoms with Crippen LogP contribution in [0.1, 0.15) is 50.5 Å². The van der Waals surface area contributed by atoms with E-state index < -0.39 is 0 Å². The zero-order chi connectivity index (χ0) is 15.4. The second-order valence-corrected chi connectivity index (χ2v) is 6.78. The van der Waals surface area contributed by atoms with Gasteiger partial charge in [0.15, 0.2) is 0 Å². The summed E-state index contributed by atoms with van der Waals surface area (Å²) >= 11 is 0. The summed E-state index contributed by atoms with van der Waals surface area (Å²) in [6.45, 7) is 6.10. The second-order valence-electron chi connectivity index (χ2n) is 6.78. The molecule has 0 N–H and O–H groups in total. The van der Waals surface area contributed by atoms with Crippen LogP contribution in [0.4, 0.5) is 0 Å². The Kier molecular flexibility index (Phi) is 5.14. The highest BCUT2D eigenvalue weighted by Gasteiger charge is 2.30. The van der Waals surface area contributed by atoms with Crippen molar-refractivity contribution < 1.29 is 4.79 Å². The number of benzene rings is 1. The van der Waals surface area contributed by atoms with E-state index in [1.165, 1.54) is 37.7 Å². The van der Waals surface area contributed by atoms with E-state index in [4.69, 9.17) is 0 Å². The van der Waals surface area contributed by atoms with Crippen LogP contribution in [0.2, 0.25) is 0 Å². The van der Waals surface area contributed by atoms with Crippen molar-refractivity contribution >= 4 is 5.91 Å². The van der Waals surface area contributed by atoms with Crippen LogP contribution in [0, 0.1) is 0 Å². The van der Waals surface area contributed by atoms with Crippen LogP contribution in [0.5, 0.6) is 0 Å². The fourth-order valence-corrected chi connectivity index (χ4v) is 3.88. The summed E-state index contributed by atoms with van der Waals surface area (Å²) in [7, 11) is 0. The van der Waals surface area contributed by atoms with Gasteiger partial charge in [0.2, 0.25) is 5.91 Å². The van der Waals surface area contributed by atoms with Crippen molar-refractivity contribution in [2.24, 2.45) is 0 Å². The van der Waals surface area contributed by atoms with Gasteiger partial charge in [-0.15, -0.1) is 0 Å². The summed E-state index contributed by atoms with van der Waals surface area (Å²) in [5, 5.41) is 0. The molecule has 2 saturated heterocycles. The van der Waals surface area contributed by atoms with Gasteiger partial charge in [-0.3, -0.25) is 9.69 Å². The number of amides is 1. The van der Waals surface area contributed by atoms with Crippen molar-refractivity contribution in [3.8, 4) is 0 Å². The average Bonchev–Trinajstić information content (AvgIpc) is 2.62. The Morgan fingerprint density at radius 2 is 1.64 bits per heavy atom. The van der Waals surface area contributed by atoms with Crippen LogP contribution in [-0.2, 0) is 4.79 Å². The molecule has 0 bridgehead atoms. The number of hydrogen-bond donors (Lipinski definition) is 0. The average molecular weight is 300 g/mol. The topological polar surface area (TPSA) is 23.6 Å². The molecule has 2 aliphatic rings. The summed E-state index contributed by atoms with van der Waals surface area (Å²) in [5.41, 5.74) is 1.46. The molecule has 2 heterocycles. The summed E-state index contributed by atoms with van der Waals surface area (Å²) in [6, 6.07) is 10.9. The Hall–Kier alpha value is -1.35. The maximum Gasteiger partial charge on any atom is 0.239 e. The minimum absolute atomic E-state index is 0.0508. The first-order valence-corrected chi connectivity index (χ1v) is 8.83. The molecule has 0 radical (unpaired) electrons. The first kappa shape index (κ1) is 15.5. The van der Waals surface area contributed by atoms with E-state index in [2.05, 4.69) is 47.1 Å². The third kappa shape index (κ3) is 3.52. The van der Waals surface area contributed by atoms with Gasteiger partial charge in [0.25, 0.3) is 0 Å². The quantitative estimate of drug-likeness (QED) is 0.855. The standard InChI is InChI=1S/C19H28N2O/c1-16(19(22)21-12-6-3-7-13-21)20-14-10-18(11-15-20)17-8-4-2-5-9-17/h2,4-5,8-9,16,18H,3,6-7,10-15H2,1H3. The molecule has 1 unspecified atom stereocenters. The molecular weight excluding hydrogens is 272 g/mol. The smallest absolute Gasteiger partial charge is 0.239 e. The maximum atomic E-state index is 12.6. The van der Waals surface area contributed by atoms with Gasteiger partial charge < -0.3 is 4.90 Å². The first-order chi connectivity index (χ1) is 10.8. The van der Waals surface area contributed by atoms with Gasteiger partial charge in [-0.1, -0.05) is 30.3 Å². The van der Waals surface area contributed by atoms with Crippen LogP contribution in [0.3, 0.4) is 0 Å². The van der Waals surface area contributed by atoms with Crippen LogP contribution in [0.25, 0.3) is 0 Å². The number of carbonyl (C=O) groups excluding carboxylic acids is 1. The molecule has 1 atom stereocenters. The molecule has 1 aromatic carbocycles. The predicted molar refractivity (Wildman–Crippen MR) is 89.9 cm³/mol. The molecule has 1 aromatic rings. The molecular formula is C19H28N2O. The van der Waals surface area contributed by atoms with Gasteiger partial charge in [-0.2, -0.15) is 0 Å². The molecule has 0 spiro atoms. The minimum atomic E-state index is 0.0508. The summed E-state index contributed by atoms with van der Waals surface area (Å²) in [6.07, 6.45) is 5.97. The molecule has 3 nitrogen and oxygen atoms in total. The van der Waals surface area contributed by atoms with Gasteiger partial charge >= 0.3 is 0 Å². The third-order valence-corrected chi connectivity index (χ3v) is 5.37. The first-order valence-electron chi connectivity index (χ1n) is 8.83. The number of piperidine rings is 2. The summed E-state index contributed by atoms with van der Waals surface area (Å²) < 4.78 is 0. The highest BCUT2D eigenvalue weighted by Crippen LogP contribution is 2.29. The number of carbonyl (C=O) groups is 1. The van der Waals surface area contributed by atoms with Crippen LogP contribution < -0.4 is 0 Å². The largest absolute Gasteiger partial charge is 0.341 e. The number of nitrogens with zero attached hydrogens (tertiary/aromatic N) is 2. The maximum absolute atomic E-state index is 12.6. The van der Waals surface area contributed by atoms with Crippen molar-refractivity contribution in [1.82, 2.24) is 9.80 Å². The van der Waals surface area contributed by atoms with Crippen molar-refractivity contribution in [2.75, 3.05) is 26.2 Å². The molecule has 2 aliphatic heterocycles. The lowest BCUT2D eigenvalue weighted by Crippen LogP contribution is -2.50. The predicted octanol–water partition coefficient (Wildman–Crippen LogP) is 3.27. The Morgan fingerprint density at radius 3 is 2.27 bits per heavy atom. The molecule has 3 heteroatoms. The van der Waals surface area contributed by atoms with Crippen molar-refractivity contribution in [2.45, 2.75) is 51.0 Å². The molecule has 0 saturated carbocycles. The lowest BCUT2D eigenvalue weighted by Gasteiger charge is -2.38. The van der Waals surface area contributed by atoms with E-state index >= 15 is 0 Å². The molecule has 1 amide bonds. The fraction of sp³-hybridized carbons (Fsp3) is 0.632. The fourth-order valence-electron chi connectivity index (χ4n) is 3.88. The van der Waals surface area contributed by atoms with Gasteiger partial charge in [0, 0.05) is 13.1 Å². The Bertz CT molecular complexity index is 473. The molecule has 0 aliphatic carbocycles. The number of hydrogen-bond acceptors (Lipinski definition) is 2. The van der Waals surface area contributed by atoms with E-state index in [1.54, 1.807) is 0 Å². The monoisotopic (exact) mass is 300 g/mol. The summed E-state index contributed by atoms with van der Waals surface area (Å²) in [5.74, 6) is 1.01. The Balaban J connectivity index is 1.53. The van der Waals surface area contributed by atoms with Crippen molar-refractivity contribution in [1.29, 1.82) is 0 Å². The molecule has 0 aromatic heterocycles. The van der Waals surface area contributed by atoms with Crippen LogP contribution >= 0.6 is 0 Å². The Morgan fingerprint density at radius 1 is 1.00 bits per heavy atom. The van der Waals surface area contributed by atoms with E-state index in [0.717, 1.165) is 26.2 Å². The molecule has 22 heavy (non-hydrogen) atoms. The Labute approximate surface area is 134 Å². The van der Waals surface area contributed by atoms with Gasteiger partial charge in [-0.25, -0.2) is 0 Å². The van der Waals surface area contributed by atoms with E-state index in [-0.39, 0.29) is 6.04 Å². The lowest BCUT2D eigenvalue weighted by molar-refractivity contribution is -0.137. The minimum Gasteiger partial charge on any atom is -0.341 e. The van der Waals surface area contributed by atoms with Gasteiger partial charge in [-0.05, 0) is 63.6 Å². The zero-order valence-corrected chi connectivity index (χ0v) is 13.7. The summed E-state index contributed by atoms with van der Waals surface area (Å²) in [4.78, 5) is 17.1. The van der Waals surface area contributed by atoms with E-state index in [1.807, 2.05) is 0 Å². The van der Waals surface area contributed by atoms with Crippen LogP contribution in [-0.4, -0.2) is 47.9 Å². The lowest BCUT2D eigenvalue weighted by atomic mass is 9.89. The van der Waals surface area contributed by atoms with Crippen molar-refractivity contribution in [3.05, 3.63) is 35.9 Å². The van der Waals surface area contributed by atoms with Crippen molar-refractivity contribution in [3.63, 3.8) is 0 Å². The van der Waals surface area contributed by atoms with Gasteiger partial charge in [0.1, 0.15) is 0 Å². The highest BCUT2D eigenvalue weighted by molar-refractivity contribution is 5.81. The molecule has 2 fully saturated rings.